The highest BCUT2D eigenvalue weighted by Crippen LogP contribution is 2.62. The number of phenolic OH excluding ortho intramolecular Hbond substituents is 1. The average molecular weight is 445 g/mol. The molecule has 0 unspecified atom stereocenters. The maximum Gasteiger partial charge on any atom is 0.158 e. The molecule has 1 heterocycles. The molecule has 3 aromatic carbocycles. The lowest BCUT2D eigenvalue weighted by molar-refractivity contribution is 0.164. The van der Waals surface area contributed by atoms with Crippen LogP contribution in [-0.2, 0) is 5.41 Å². The van der Waals surface area contributed by atoms with Crippen LogP contribution in [0, 0.1) is 5.41 Å². The Labute approximate surface area is 195 Å². The van der Waals surface area contributed by atoms with E-state index in [4.69, 9.17) is 4.74 Å². The molecular weight excluding hydrogens is 412 g/mol. The van der Waals surface area contributed by atoms with E-state index >= 15 is 0 Å². The highest BCUT2D eigenvalue weighted by atomic mass is 32.2. The first kappa shape index (κ1) is 20.5. The van der Waals surface area contributed by atoms with Gasteiger partial charge in [-0.25, -0.2) is 0 Å². The van der Waals surface area contributed by atoms with Gasteiger partial charge in [-0.3, -0.25) is 0 Å². The lowest BCUT2D eigenvalue weighted by Gasteiger charge is -2.43. The maximum absolute atomic E-state index is 11.3. The summed E-state index contributed by atoms with van der Waals surface area (Å²) in [6.45, 7) is 9.18. The Kier molecular flexibility index (Phi) is 4.28. The van der Waals surface area contributed by atoms with Crippen LogP contribution in [0.25, 0.3) is 21.9 Å². The molecule has 1 spiro atoms. The van der Waals surface area contributed by atoms with Crippen LogP contribution in [0.1, 0.15) is 77.3 Å². The summed E-state index contributed by atoms with van der Waals surface area (Å²) < 4.78 is 6.53. The van der Waals surface area contributed by atoms with Gasteiger partial charge in [0.05, 0.1) is 4.90 Å². The molecule has 1 fully saturated rings. The molecule has 0 bridgehead atoms. The lowest BCUT2D eigenvalue weighted by Crippen LogP contribution is -2.34. The smallest absolute Gasteiger partial charge is 0.158 e. The van der Waals surface area contributed by atoms with Gasteiger partial charge in [-0.05, 0) is 89.8 Å². The van der Waals surface area contributed by atoms with Crippen molar-refractivity contribution in [3.05, 3.63) is 53.6 Å². The Bertz CT molecular complexity index is 1240. The van der Waals surface area contributed by atoms with Crippen LogP contribution in [0.3, 0.4) is 0 Å². The van der Waals surface area contributed by atoms with E-state index in [-0.39, 0.29) is 10.3 Å². The number of phenols is 1. The third kappa shape index (κ3) is 2.67. The van der Waals surface area contributed by atoms with Crippen LogP contribution in [0.5, 0.6) is 11.5 Å². The number of thioether (sulfide) groups is 1. The number of ether oxygens (including phenoxy) is 1. The Morgan fingerprint density at radius 3 is 2.34 bits per heavy atom. The summed E-state index contributed by atoms with van der Waals surface area (Å²) in [5, 5.41) is 13.3. The third-order valence-electron chi connectivity index (χ3n) is 8.53. The number of hydrogen-bond acceptors (Lipinski definition) is 3. The monoisotopic (exact) mass is 444 g/mol. The molecular formula is C29H32O2S. The third-order valence-corrected chi connectivity index (χ3v) is 10.1. The molecule has 0 aromatic heterocycles. The predicted octanol–water partition coefficient (Wildman–Crippen LogP) is 8.41. The molecule has 3 heteroatoms. The first-order valence-corrected chi connectivity index (χ1v) is 13.0. The summed E-state index contributed by atoms with van der Waals surface area (Å²) in [4.78, 5) is 0.962. The maximum atomic E-state index is 11.3. The van der Waals surface area contributed by atoms with Gasteiger partial charge in [0.15, 0.2) is 4.93 Å². The van der Waals surface area contributed by atoms with Crippen molar-refractivity contribution in [1.29, 1.82) is 0 Å². The van der Waals surface area contributed by atoms with Gasteiger partial charge < -0.3 is 9.84 Å². The molecule has 3 aromatic rings. The van der Waals surface area contributed by atoms with Crippen molar-refractivity contribution in [2.75, 3.05) is 0 Å². The van der Waals surface area contributed by atoms with Crippen molar-refractivity contribution in [3.8, 4) is 22.6 Å². The molecule has 1 aliphatic heterocycles. The molecule has 3 aliphatic rings. The van der Waals surface area contributed by atoms with Crippen LogP contribution < -0.4 is 4.74 Å². The minimum Gasteiger partial charge on any atom is -0.507 e. The second-order valence-corrected chi connectivity index (χ2v) is 12.2. The summed E-state index contributed by atoms with van der Waals surface area (Å²) in [7, 11) is 0. The van der Waals surface area contributed by atoms with Crippen molar-refractivity contribution in [2.24, 2.45) is 5.41 Å². The number of fused-ring (bicyclic) bond motifs is 8. The van der Waals surface area contributed by atoms with Crippen molar-refractivity contribution in [3.63, 3.8) is 0 Å². The van der Waals surface area contributed by atoms with E-state index in [0.717, 1.165) is 47.1 Å². The van der Waals surface area contributed by atoms with E-state index in [1.54, 1.807) is 0 Å². The molecule has 0 amide bonds. The highest BCUT2D eigenvalue weighted by molar-refractivity contribution is 8.00. The Morgan fingerprint density at radius 2 is 1.62 bits per heavy atom. The fraction of sp³-hybridized carbons (Fsp3) is 0.448. The predicted molar refractivity (Wildman–Crippen MR) is 134 cm³/mol. The van der Waals surface area contributed by atoms with Gasteiger partial charge in [-0.1, -0.05) is 63.7 Å². The van der Waals surface area contributed by atoms with Gasteiger partial charge in [0, 0.05) is 10.8 Å². The first-order chi connectivity index (χ1) is 15.3. The van der Waals surface area contributed by atoms with E-state index in [1.807, 2.05) is 11.8 Å². The fourth-order valence-electron chi connectivity index (χ4n) is 6.35. The molecule has 1 N–H and O–H groups in total. The second kappa shape index (κ2) is 6.70. The van der Waals surface area contributed by atoms with Gasteiger partial charge in [0.2, 0.25) is 0 Å². The quantitative estimate of drug-likeness (QED) is 0.430. The van der Waals surface area contributed by atoms with Crippen molar-refractivity contribution in [2.45, 2.75) is 81.5 Å². The first-order valence-electron chi connectivity index (χ1n) is 12.1. The molecule has 32 heavy (non-hydrogen) atoms. The lowest BCUT2D eigenvalue weighted by atomic mass is 9.61. The summed E-state index contributed by atoms with van der Waals surface area (Å²) in [6, 6.07) is 15.4. The van der Waals surface area contributed by atoms with E-state index in [1.165, 1.54) is 35.1 Å². The zero-order valence-electron chi connectivity index (χ0n) is 19.5. The Balaban J connectivity index is 1.61. The zero-order valence-corrected chi connectivity index (χ0v) is 20.4. The van der Waals surface area contributed by atoms with Crippen LogP contribution in [0.2, 0.25) is 0 Å². The fourth-order valence-corrected chi connectivity index (χ4v) is 7.55. The molecule has 1 saturated carbocycles. The summed E-state index contributed by atoms with van der Waals surface area (Å²) in [5.41, 5.74) is 5.83. The van der Waals surface area contributed by atoms with Gasteiger partial charge >= 0.3 is 0 Å². The van der Waals surface area contributed by atoms with Gasteiger partial charge in [0.25, 0.3) is 0 Å². The van der Waals surface area contributed by atoms with Crippen molar-refractivity contribution >= 4 is 22.5 Å². The minimum absolute atomic E-state index is 0.0122. The van der Waals surface area contributed by atoms with Crippen LogP contribution >= 0.6 is 11.8 Å². The number of benzene rings is 3. The molecule has 0 saturated heterocycles. The van der Waals surface area contributed by atoms with Gasteiger partial charge in [-0.15, -0.1) is 0 Å². The average Bonchev–Trinajstić information content (AvgIpc) is 3.29. The molecule has 6 rings (SSSR count). The molecule has 0 atom stereocenters. The zero-order chi connectivity index (χ0) is 22.3. The van der Waals surface area contributed by atoms with Crippen LogP contribution in [0.4, 0.5) is 0 Å². The van der Waals surface area contributed by atoms with Gasteiger partial charge in [0.1, 0.15) is 11.5 Å². The van der Waals surface area contributed by atoms with Crippen molar-refractivity contribution < 1.29 is 9.84 Å². The van der Waals surface area contributed by atoms with Crippen molar-refractivity contribution in [1.82, 2.24) is 0 Å². The minimum atomic E-state index is -0.188. The van der Waals surface area contributed by atoms with Crippen LogP contribution in [-0.4, -0.2) is 10.0 Å². The highest BCUT2D eigenvalue weighted by Gasteiger charge is 2.48. The van der Waals surface area contributed by atoms with Gasteiger partial charge in [-0.2, -0.15) is 0 Å². The SMILES string of the molecule is CCC1(CC)Oc2cc3c4c(cc(O)c3cc2S1)C1(CCC(C)(C)CC1)c1ccccc1-4. The van der Waals surface area contributed by atoms with E-state index in [9.17, 15) is 5.11 Å². The molecule has 2 nitrogen and oxygen atoms in total. The topological polar surface area (TPSA) is 29.5 Å². The van der Waals surface area contributed by atoms with E-state index < -0.39 is 0 Å². The number of aromatic hydroxyl groups is 1. The molecule has 2 aliphatic carbocycles. The summed E-state index contributed by atoms with van der Waals surface area (Å²) >= 11 is 1.81. The van der Waals surface area contributed by atoms with Crippen LogP contribution in [0.15, 0.2) is 47.4 Å². The summed E-state index contributed by atoms with van der Waals surface area (Å²) in [6.07, 6.45) is 6.62. The van der Waals surface area contributed by atoms with E-state index in [2.05, 4.69) is 70.2 Å². The molecule has 166 valence electrons. The normalized spacial score (nSPS) is 21.2. The summed E-state index contributed by atoms with van der Waals surface area (Å²) in [5.74, 6) is 1.38. The number of hydrogen-bond donors (Lipinski definition) is 1. The standard InChI is InChI=1S/C29H32O2S/c1-5-29(6-2)31-24-15-20-19(16-25(24)32-29)23(30)17-22-26(20)18-9-7-8-10-21(18)28(22)13-11-27(3,4)12-14-28/h7-10,15-17,30H,5-6,11-14H2,1-4H3. The Hall–Kier alpha value is -2.13. The Morgan fingerprint density at radius 1 is 0.906 bits per heavy atom. The second-order valence-electron chi connectivity index (χ2n) is 10.8. The van der Waals surface area contributed by atoms with E-state index in [0.29, 0.717) is 11.2 Å². The molecule has 0 radical (unpaired) electrons. The largest absolute Gasteiger partial charge is 0.507 e. The number of rotatable bonds is 2.